The molecule has 0 aromatic carbocycles. The highest BCUT2D eigenvalue weighted by molar-refractivity contribution is 6.31. The quantitative estimate of drug-likeness (QED) is 0.882. The lowest BCUT2D eigenvalue weighted by molar-refractivity contribution is 0.282. The van der Waals surface area contributed by atoms with Gasteiger partial charge in [-0.3, -0.25) is 0 Å². The predicted octanol–water partition coefficient (Wildman–Crippen LogP) is 2.71. The van der Waals surface area contributed by atoms with Crippen molar-refractivity contribution in [2.45, 2.75) is 33.4 Å². The zero-order valence-electron chi connectivity index (χ0n) is 10.2. The highest BCUT2D eigenvalue weighted by atomic mass is 35.5. The third-order valence-corrected chi connectivity index (χ3v) is 3.37. The zero-order valence-corrected chi connectivity index (χ0v) is 11.0. The van der Waals surface area contributed by atoms with E-state index >= 15 is 0 Å². The van der Waals surface area contributed by atoms with Crippen LogP contribution in [0.1, 0.15) is 26.3 Å². The van der Waals surface area contributed by atoms with Gasteiger partial charge in [0.15, 0.2) is 0 Å². The van der Waals surface area contributed by atoms with E-state index in [1.54, 1.807) is 6.20 Å². The summed E-state index contributed by atoms with van der Waals surface area (Å²) in [6.07, 6.45) is 1.59. The standard InChI is InChI=1S/C12H19ClN2O/c1-8(2)9(3)15(4)12-5-10(7-16)11(13)6-14-12/h5-6,8-9,16H,7H2,1-4H3. The molecule has 16 heavy (non-hydrogen) atoms. The lowest BCUT2D eigenvalue weighted by atomic mass is 10.1. The molecule has 0 bridgehead atoms. The van der Waals surface area contributed by atoms with Gasteiger partial charge in [0, 0.05) is 24.8 Å². The van der Waals surface area contributed by atoms with Gasteiger partial charge in [0.25, 0.3) is 0 Å². The first-order chi connectivity index (χ1) is 7.47. The second kappa shape index (κ2) is 5.51. The van der Waals surface area contributed by atoms with Gasteiger partial charge in [-0.1, -0.05) is 25.4 Å². The zero-order chi connectivity index (χ0) is 12.3. The molecule has 0 saturated heterocycles. The van der Waals surface area contributed by atoms with Crippen LogP contribution in [0.5, 0.6) is 0 Å². The highest BCUT2D eigenvalue weighted by Crippen LogP contribution is 2.22. The summed E-state index contributed by atoms with van der Waals surface area (Å²) >= 11 is 5.90. The Morgan fingerprint density at radius 3 is 2.56 bits per heavy atom. The maximum Gasteiger partial charge on any atom is 0.128 e. The lowest BCUT2D eigenvalue weighted by Gasteiger charge is -2.29. The highest BCUT2D eigenvalue weighted by Gasteiger charge is 2.15. The Hall–Kier alpha value is -0.800. The van der Waals surface area contributed by atoms with Crippen molar-refractivity contribution in [1.82, 2.24) is 4.98 Å². The monoisotopic (exact) mass is 242 g/mol. The number of pyridine rings is 1. The molecule has 4 heteroatoms. The van der Waals surface area contributed by atoms with Gasteiger partial charge in [0.05, 0.1) is 11.6 Å². The van der Waals surface area contributed by atoms with Crippen LogP contribution in [0.4, 0.5) is 5.82 Å². The van der Waals surface area contributed by atoms with Crippen LogP contribution in [0.25, 0.3) is 0 Å². The van der Waals surface area contributed by atoms with Gasteiger partial charge in [-0.05, 0) is 18.9 Å². The second-order valence-corrected chi connectivity index (χ2v) is 4.79. The average Bonchev–Trinajstić information content (AvgIpc) is 2.27. The van der Waals surface area contributed by atoms with Crippen molar-refractivity contribution in [1.29, 1.82) is 0 Å². The molecule has 1 aromatic rings. The topological polar surface area (TPSA) is 36.4 Å². The van der Waals surface area contributed by atoms with Crippen LogP contribution in [0.2, 0.25) is 5.02 Å². The van der Waals surface area contributed by atoms with Crippen molar-refractivity contribution in [3.63, 3.8) is 0 Å². The molecule has 1 N–H and O–H groups in total. The van der Waals surface area contributed by atoms with Crippen LogP contribution in [0, 0.1) is 5.92 Å². The molecule has 1 heterocycles. The van der Waals surface area contributed by atoms with Gasteiger partial charge in [-0.2, -0.15) is 0 Å². The van der Waals surface area contributed by atoms with E-state index in [4.69, 9.17) is 16.7 Å². The van der Waals surface area contributed by atoms with Gasteiger partial charge < -0.3 is 10.0 Å². The maximum atomic E-state index is 9.14. The third kappa shape index (κ3) is 2.86. The van der Waals surface area contributed by atoms with E-state index in [2.05, 4.69) is 30.7 Å². The van der Waals surface area contributed by atoms with Crippen LogP contribution in [-0.4, -0.2) is 23.2 Å². The van der Waals surface area contributed by atoms with E-state index in [9.17, 15) is 0 Å². The van der Waals surface area contributed by atoms with Crippen molar-refractivity contribution in [3.8, 4) is 0 Å². The molecule has 0 fully saturated rings. The molecular formula is C12H19ClN2O. The molecular weight excluding hydrogens is 224 g/mol. The predicted molar refractivity (Wildman–Crippen MR) is 67.9 cm³/mol. The second-order valence-electron chi connectivity index (χ2n) is 4.39. The van der Waals surface area contributed by atoms with Gasteiger partial charge in [-0.15, -0.1) is 0 Å². The first kappa shape index (κ1) is 13.3. The Kier molecular flexibility index (Phi) is 4.56. The molecule has 3 nitrogen and oxygen atoms in total. The molecule has 1 rings (SSSR count). The summed E-state index contributed by atoms with van der Waals surface area (Å²) in [4.78, 5) is 6.37. The maximum absolute atomic E-state index is 9.14. The Bertz CT molecular complexity index is 355. The van der Waals surface area contributed by atoms with Crippen LogP contribution in [0.15, 0.2) is 12.3 Å². The summed E-state index contributed by atoms with van der Waals surface area (Å²) in [6, 6.07) is 2.22. The van der Waals surface area contributed by atoms with Crippen LogP contribution >= 0.6 is 11.6 Å². The largest absolute Gasteiger partial charge is 0.392 e. The first-order valence-corrected chi connectivity index (χ1v) is 5.83. The minimum absolute atomic E-state index is 0.0573. The summed E-state index contributed by atoms with van der Waals surface area (Å²) in [7, 11) is 2.00. The van der Waals surface area contributed by atoms with Crippen molar-refractivity contribution in [2.75, 3.05) is 11.9 Å². The summed E-state index contributed by atoms with van der Waals surface area (Å²) < 4.78 is 0. The minimum Gasteiger partial charge on any atom is -0.392 e. The van der Waals surface area contributed by atoms with Crippen molar-refractivity contribution >= 4 is 17.4 Å². The fourth-order valence-electron chi connectivity index (χ4n) is 1.44. The summed E-state index contributed by atoms with van der Waals surface area (Å²) in [5.74, 6) is 1.38. The molecule has 0 aliphatic carbocycles. The molecule has 90 valence electrons. The average molecular weight is 243 g/mol. The van der Waals surface area contributed by atoms with E-state index in [-0.39, 0.29) is 6.61 Å². The van der Waals surface area contributed by atoms with Crippen molar-refractivity contribution in [2.24, 2.45) is 5.92 Å². The number of rotatable bonds is 4. The minimum atomic E-state index is -0.0573. The number of halogens is 1. The van der Waals surface area contributed by atoms with Crippen LogP contribution in [0.3, 0.4) is 0 Å². The first-order valence-electron chi connectivity index (χ1n) is 5.45. The van der Waals surface area contributed by atoms with Gasteiger partial charge in [0.2, 0.25) is 0 Å². The Morgan fingerprint density at radius 2 is 2.06 bits per heavy atom. The molecule has 0 aliphatic rings. The van der Waals surface area contributed by atoms with Crippen LogP contribution < -0.4 is 4.90 Å². The fraction of sp³-hybridized carbons (Fsp3) is 0.583. The van der Waals surface area contributed by atoms with Crippen LogP contribution in [-0.2, 0) is 6.61 Å². The molecule has 0 radical (unpaired) electrons. The van der Waals surface area contributed by atoms with Crippen molar-refractivity contribution in [3.05, 3.63) is 22.8 Å². The molecule has 0 spiro atoms. The number of hydrogen-bond acceptors (Lipinski definition) is 3. The third-order valence-electron chi connectivity index (χ3n) is 3.03. The van der Waals surface area contributed by atoms with Crippen molar-refractivity contribution < 1.29 is 5.11 Å². The molecule has 0 amide bonds. The Labute approximate surface area is 102 Å². The van der Waals surface area contributed by atoms with Gasteiger partial charge in [0.1, 0.15) is 5.82 Å². The summed E-state index contributed by atoms with van der Waals surface area (Å²) in [5.41, 5.74) is 0.717. The van der Waals surface area contributed by atoms with E-state index in [0.29, 0.717) is 17.0 Å². The SMILES string of the molecule is CC(C)C(C)N(C)c1cc(CO)c(Cl)cn1. The van der Waals surface area contributed by atoms with E-state index in [0.717, 1.165) is 11.4 Å². The number of nitrogens with zero attached hydrogens (tertiary/aromatic N) is 2. The number of aliphatic hydroxyl groups is 1. The Balaban J connectivity index is 2.96. The van der Waals surface area contributed by atoms with E-state index in [1.165, 1.54) is 0 Å². The number of aromatic nitrogens is 1. The number of hydrogen-bond donors (Lipinski definition) is 1. The number of aliphatic hydroxyl groups excluding tert-OH is 1. The molecule has 1 unspecified atom stereocenters. The fourth-order valence-corrected chi connectivity index (χ4v) is 1.60. The molecule has 1 atom stereocenters. The van der Waals surface area contributed by atoms with Gasteiger partial charge in [-0.25, -0.2) is 4.98 Å². The smallest absolute Gasteiger partial charge is 0.128 e. The molecule has 0 aliphatic heterocycles. The molecule has 0 saturated carbocycles. The lowest BCUT2D eigenvalue weighted by Crippen LogP contribution is -2.33. The Morgan fingerprint density at radius 1 is 1.44 bits per heavy atom. The van der Waals surface area contributed by atoms with Gasteiger partial charge >= 0.3 is 0 Å². The number of anilines is 1. The van der Waals surface area contributed by atoms with E-state index in [1.807, 2.05) is 13.1 Å². The summed E-state index contributed by atoms with van der Waals surface area (Å²) in [6.45, 7) is 6.44. The molecule has 1 aromatic heterocycles. The normalized spacial score (nSPS) is 12.9. The summed E-state index contributed by atoms with van der Waals surface area (Å²) in [5, 5.41) is 9.65. The van der Waals surface area contributed by atoms with E-state index < -0.39 is 0 Å².